The second-order valence-corrected chi connectivity index (χ2v) is 12.0. The van der Waals surface area contributed by atoms with E-state index in [1.807, 2.05) is 38.1 Å². The summed E-state index contributed by atoms with van der Waals surface area (Å²) in [5.74, 6) is -0.722. The van der Waals surface area contributed by atoms with Crippen LogP contribution in [-0.2, 0) is 26.2 Å². The predicted molar refractivity (Wildman–Crippen MR) is 145 cm³/mol. The number of benzene rings is 2. The van der Waals surface area contributed by atoms with Gasteiger partial charge in [-0.3, -0.25) is 13.9 Å². The minimum Gasteiger partial charge on any atom is -0.352 e. The highest BCUT2D eigenvalue weighted by atomic mass is 35.5. The molecule has 0 spiro atoms. The molecule has 0 aliphatic heterocycles. The van der Waals surface area contributed by atoms with Gasteiger partial charge in [0.1, 0.15) is 12.6 Å². The van der Waals surface area contributed by atoms with Crippen molar-refractivity contribution >= 4 is 50.7 Å². The Balaban J connectivity index is 1.93. The lowest BCUT2D eigenvalue weighted by Gasteiger charge is -2.33. The molecule has 0 saturated heterocycles. The summed E-state index contributed by atoms with van der Waals surface area (Å²) >= 11 is 12.3. The summed E-state index contributed by atoms with van der Waals surface area (Å²) in [5, 5.41) is 3.54. The quantitative estimate of drug-likeness (QED) is 0.451. The fourth-order valence-electron chi connectivity index (χ4n) is 4.46. The van der Waals surface area contributed by atoms with E-state index >= 15 is 0 Å². The van der Waals surface area contributed by atoms with Crippen molar-refractivity contribution in [3.63, 3.8) is 0 Å². The van der Waals surface area contributed by atoms with Crippen LogP contribution in [0.1, 0.15) is 50.2 Å². The standard InChI is InChI=1S/C26H33Cl2N3O4S/c1-4-23(26(33)29-21-7-5-6-8-21)30(16-19-11-9-18(2)10-12-19)25(32)17-31(36(3,34)35)24-14-13-20(27)15-22(24)28/h9-15,21,23H,4-8,16-17H2,1-3H3,(H,29,33)/t23-/m0/s1. The van der Waals surface area contributed by atoms with E-state index in [0.717, 1.165) is 47.4 Å². The van der Waals surface area contributed by atoms with E-state index in [-0.39, 0.29) is 29.2 Å². The Bertz CT molecular complexity index is 1180. The molecule has 1 fully saturated rings. The topological polar surface area (TPSA) is 86.8 Å². The number of hydrogen-bond donors (Lipinski definition) is 1. The highest BCUT2D eigenvalue weighted by molar-refractivity contribution is 7.92. The van der Waals surface area contributed by atoms with Crippen LogP contribution in [0.25, 0.3) is 0 Å². The Labute approximate surface area is 223 Å². The van der Waals surface area contributed by atoms with Gasteiger partial charge >= 0.3 is 0 Å². The molecule has 0 heterocycles. The van der Waals surface area contributed by atoms with Crippen LogP contribution in [0.15, 0.2) is 42.5 Å². The van der Waals surface area contributed by atoms with Crippen molar-refractivity contribution in [3.05, 3.63) is 63.6 Å². The monoisotopic (exact) mass is 553 g/mol. The molecule has 7 nitrogen and oxygen atoms in total. The van der Waals surface area contributed by atoms with Crippen LogP contribution >= 0.6 is 23.2 Å². The Morgan fingerprint density at radius 1 is 1.08 bits per heavy atom. The molecule has 36 heavy (non-hydrogen) atoms. The summed E-state index contributed by atoms with van der Waals surface area (Å²) < 4.78 is 26.4. The van der Waals surface area contributed by atoms with E-state index in [4.69, 9.17) is 23.2 Å². The van der Waals surface area contributed by atoms with E-state index in [1.54, 1.807) is 0 Å². The average molecular weight is 555 g/mol. The molecule has 2 aromatic rings. The van der Waals surface area contributed by atoms with E-state index < -0.39 is 28.5 Å². The first kappa shape index (κ1) is 28.3. The van der Waals surface area contributed by atoms with Crippen molar-refractivity contribution in [1.29, 1.82) is 0 Å². The van der Waals surface area contributed by atoms with Gasteiger partial charge in [-0.25, -0.2) is 8.42 Å². The van der Waals surface area contributed by atoms with Crippen LogP contribution in [-0.4, -0.2) is 50.0 Å². The second kappa shape index (κ2) is 12.3. The number of rotatable bonds is 10. The van der Waals surface area contributed by atoms with Crippen LogP contribution in [0.5, 0.6) is 0 Å². The van der Waals surface area contributed by atoms with Gasteiger partial charge in [-0.15, -0.1) is 0 Å². The zero-order valence-corrected chi connectivity index (χ0v) is 23.2. The molecule has 1 aliphatic rings. The van der Waals surface area contributed by atoms with Crippen LogP contribution in [0.2, 0.25) is 10.0 Å². The lowest BCUT2D eigenvalue weighted by Crippen LogP contribution is -2.53. The third-order valence-corrected chi connectivity index (χ3v) is 8.08. The Morgan fingerprint density at radius 3 is 2.28 bits per heavy atom. The predicted octanol–water partition coefficient (Wildman–Crippen LogP) is 4.93. The van der Waals surface area contributed by atoms with Gasteiger partial charge in [-0.05, 0) is 49.9 Å². The molecule has 2 amide bonds. The van der Waals surface area contributed by atoms with Crippen LogP contribution < -0.4 is 9.62 Å². The summed E-state index contributed by atoms with van der Waals surface area (Å²) in [6.45, 7) is 3.48. The molecule has 0 unspecified atom stereocenters. The smallest absolute Gasteiger partial charge is 0.244 e. The number of carbonyl (C=O) groups excluding carboxylic acids is 2. The van der Waals surface area contributed by atoms with Crippen molar-refractivity contribution in [1.82, 2.24) is 10.2 Å². The number of anilines is 1. The maximum atomic E-state index is 13.7. The largest absolute Gasteiger partial charge is 0.352 e. The third kappa shape index (κ3) is 7.37. The first-order chi connectivity index (χ1) is 17.0. The Morgan fingerprint density at radius 2 is 1.72 bits per heavy atom. The van der Waals surface area contributed by atoms with Crippen LogP contribution in [0.4, 0.5) is 5.69 Å². The summed E-state index contributed by atoms with van der Waals surface area (Å²) in [7, 11) is -3.87. The van der Waals surface area contributed by atoms with Crippen molar-refractivity contribution < 1.29 is 18.0 Å². The number of nitrogens with one attached hydrogen (secondary N) is 1. The molecular formula is C26H33Cl2N3O4S. The Kier molecular flexibility index (Phi) is 9.66. The molecular weight excluding hydrogens is 521 g/mol. The number of sulfonamides is 1. The maximum absolute atomic E-state index is 13.7. The van der Waals surface area contributed by atoms with Crippen molar-refractivity contribution in [2.45, 2.75) is 64.6 Å². The van der Waals surface area contributed by atoms with E-state index in [9.17, 15) is 18.0 Å². The van der Waals surface area contributed by atoms with Crippen molar-refractivity contribution in [2.24, 2.45) is 0 Å². The van der Waals surface area contributed by atoms with Gasteiger partial charge in [-0.1, -0.05) is 72.8 Å². The van der Waals surface area contributed by atoms with E-state index in [2.05, 4.69) is 5.32 Å². The molecule has 0 bridgehead atoms. The SMILES string of the molecule is CC[C@@H](C(=O)NC1CCCC1)N(Cc1ccc(C)cc1)C(=O)CN(c1ccc(Cl)cc1Cl)S(C)(=O)=O. The average Bonchev–Trinajstić information content (AvgIpc) is 3.31. The fraction of sp³-hybridized carbons (Fsp3) is 0.462. The van der Waals surface area contributed by atoms with Gasteiger partial charge in [-0.2, -0.15) is 0 Å². The zero-order chi connectivity index (χ0) is 26.5. The first-order valence-corrected chi connectivity index (χ1v) is 14.7. The van der Waals surface area contributed by atoms with Gasteiger partial charge < -0.3 is 10.2 Å². The summed E-state index contributed by atoms with van der Waals surface area (Å²) in [5.41, 5.74) is 2.07. The summed E-state index contributed by atoms with van der Waals surface area (Å²) in [6.07, 6.45) is 5.38. The molecule has 1 saturated carbocycles. The van der Waals surface area contributed by atoms with Gasteiger partial charge in [0.2, 0.25) is 21.8 Å². The molecule has 1 N–H and O–H groups in total. The molecule has 2 aromatic carbocycles. The number of hydrogen-bond acceptors (Lipinski definition) is 4. The van der Waals surface area contributed by atoms with Gasteiger partial charge in [0.25, 0.3) is 0 Å². The molecule has 1 atom stereocenters. The van der Waals surface area contributed by atoms with Crippen molar-refractivity contribution in [3.8, 4) is 0 Å². The lowest BCUT2D eigenvalue weighted by atomic mass is 10.1. The van der Waals surface area contributed by atoms with E-state index in [1.165, 1.54) is 23.1 Å². The first-order valence-electron chi connectivity index (χ1n) is 12.1. The lowest BCUT2D eigenvalue weighted by molar-refractivity contribution is -0.140. The fourth-order valence-corrected chi connectivity index (χ4v) is 5.88. The summed E-state index contributed by atoms with van der Waals surface area (Å²) in [6, 6.07) is 11.4. The van der Waals surface area contributed by atoms with Gasteiger partial charge in [0.05, 0.1) is 17.0 Å². The number of halogens is 2. The number of nitrogens with zero attached hydrogens (tertiary/aromatic N) is 2. The number of carbonyl (C=O) groups is 2. The molecule has 10 heteroatoms. The minimum absolute atomic E-state index is 0.100. The zero-order valence-electron chi connectivity index (χ0n) is 20.8. The highest BCUT2D eigenvalue weighted by Gasteiger charge is 2.33. The normalized spacial score (nSPS) is 14.9. The number of aryl methyl sites for hydroxylation is 1. The second-order valence-electron chi connectivity index (χ2n) is 9.29. The maximum Gasteiger partial charge on any atom is 0.244 e. The summed E-state index contributed by atoms with van der Waals surface area (Å²) in [4.78, 5) is 28.5. The van der Waals surface area contributed by atoms with Crippen LogP contribution in [0.3, 0.4) is 0 Å². The number of amides is 2. The third-order valence-electron chi connectivity index (χ3n) is 6.42. The molecule has 0 radical (unpaired) electrons. The van der Waals surface area contributed by atoms with E-state index in [0.29, 0.717) is 11.4 Å². The Hall–Kier alpha value is -2.29. The molecule has 3 rings (SSSR count). The van der Waals surface area contributed by atoms with Crippen LogP contribution in [0, 0.1) is 6.92 Å². The molecule has 196 valence electrons. The highest BCUT2D eigenvalue weighted by Crippen LogP contribution is 2.30. The minimum atomic E-state index is -3.87. The molecule has 0 aromatic heterocycles. The van der Waals surface area contributed by atoms with Gasteiger partial charge in [0.15, 0.2) is 0 Å². The molecule has 1 aliphatic carbocycles. The van der Waals surface area contributed by atoms with Gasteiger partial charge in [0, 0.05) is 17.6 Å². The van der Waals surface area contributed by atoms with Crippen molar-refractivity contribution in [2.75, 3.05) is 17.1 Å².